The second kappa shape index (κ2) is 12.4. The Morgan fingerprint density at radius 3 is 2.56 bits per heavy atom. The normalized spacial score (nSPS) is 32.8. The highest BCUT2D eigenvalue weighted by Gasteiger charge is 2.56. The zero-order valence-corrected chi connectivity index (χ0v) is 32.2. The fourth-order valence-electron chi connectivity index (χ4n) is 13.2. The van der Waals surface area contributed by atoms with Crippen molar-refractivity contribution in [3.05, 3.63) is 155 Å². The summed E-state index contributed by atoms with van der Waals surface area (Å²) in [6.07, 6.45) is 29.0. The average Bonchev–Trinajstić information content (AvgIpc) is 3.87. The van der Waals surface area contributed by atoms with Gasteiger partial charge in [0.1, 0.15) is 0 Å². The van der Waals surface area contributed by atoms with Crippen molar-refractivity contribution >= 4 is 34.3 Å². The minimum absolute atomic E-state index is 0.500. The van der Waals surface area contributed by atoms with Crippen LogP contribution in [-0.2, 0) is 6.42 Å². The molecule has 7 aliphatic carbocycles. The smallest absolute Gasteiger partial charge is 0.0537 e. The van der Waals surface area contributed by atoms with Crippen LogP contribution in [0.1, 0.15) is 75.1 Å². The minimum Gasteiger partial charge on any atom is -0.345 e. The van der Waals surface area contributed by atoms with Crippen molar-refractivity contribution in [2.75, 3.05) is 0 Å². The van der Waals surface area contributed by atoms with Crippen LogP contribution in [0.2, 0.25) is 0 Å². The molecule has 270 valence electrons. The third-order valence-electron chi connectivity index (χ3n) is 15.3. The first-order chi connectivity index (χ1) is 26.7. The molecule has 4 aromatic rings. The number of hydrogen-bond acceptors (Lipinski definition) is 2. The first kappa shape index (κ1) is 32.1. The Kier molecular flexibility index (Phi) is 7.37. The molecule has 0 N–H and O–H groups in total. The monoisotopic (exact) mass is 722 g/mol. The largest absolute Gasteiger partial charge is 0.345 e. The van der Waals surface area contributed by atoms with Gasteiger partial charge in [-0.3, -0.25) is 0 Å². The summed E-state index contributed by atoms with van der Waals surface area (Å²) in [6.45, 7) is 2.59. The Labute approximate surface area is 325 Å². The molecule has 0 radical (unpaired) electrons. The molecular weight excluding hydrogens is 673 g/mol. The Morgan fingerprint density at radius 1 is 0.759 bits per heavy atom. The quantitative estimate of drug-likeness (QED) is 0.194. The van der Waals surface area contributed by atoms with E-state index in [0.717, 1.165) is 48.9 Å². The Morgan fingerprint density at radius 2 is 1.61 bits per heavy atom. The summed E-state index contributed by atoms with van der Waals surface area (Å²) in [5, 5.41) is 1.91. The maximum atomic E-state index is 2.95. The van der Waals surface area contributed by atoms with Gasteiger partial charge in [0, 0.05) is 51.0 Å². The predicted molar refractivity (Wildman–Crippen MR) is 225 cm³/mol. The molecule has 1 aromatic heterocycles. The maximum Gasteiger partial charge on any atom is 0.0537 e. The highest BCUT2D eigenvalue weighted by atomic mass is 32.2. The van der Waals surface area contributed by atoms with Crippen molar-refractivity contribution in [3.8, 4) is 5.69 Å². The van der Waals surface area contributed by atoms with Crippen molar-refractivity contribution in [2.24, 2.45) is 41.4 Å². The topological polar surface area (TPSA) is 8.17 Å². The highest BCUT2D eigenvalue weighted by Crippen LogP contribution is 2.64. The van der Waals surface area contributed by atoms with Crippen molar-refractivity contribution in [2.45, 2.75) is 80.9 Å². The van der Waals surface area contributed by atoms with E-state index in [0.29, 0.717) is 23.1 Å². The summed E-state index contributed by atoms with van der Waals surface area (Å²) >= 11 is 2.10. The van der Waals surface area contributed by atoms with Gasteiger partial charge < -0.3 is 9.47 Å². The Bertz CT molecular complexity index is 2380. The van der Waals surface area contributed by atoms with Crippen LogP contribution in [0, 0.1) is 41.4 Å². The highest BCUT2D eigenvalue weighted by molar-refractivity contribution is 8.00. The molecule has 2 heterocycles. The number of para-hydroxylation sites is 2. The molecule has 3 saturated carbocycles. The first-order valence-electron chi connectivity index (χ1n) is 21.1. The second-order valence-electron chi connectivity index (χ2n) is 17.8. The molecule has 9 atom stereocenters. The number of fused-ring (bicyclic) bond motifs is 10. The van der Waals surface area contributed by atoms with Gasteiger partial charge in [0.25, 0.3) is 0 Å². The summed E-state index contributed by atoms with van der Waals surface area (Å²) in [7, 11) is 0. The van der Waals surface area contributed by atoms with Crippen molar-refractivity contribution < 1.29 is 0 Å². The van der Waals surface area contributed by atoms with Gasteiger partial charge in [-0.2, -0.15) is 0 Å². The summed E-state index contributed by atoms with van der Waals surface area (Å²) in [6, 6.07) is 29.9. The molecule has 3 heteroatoms. The van der Waals surface area contributed by atoms with E-state index in [4.69, 9.17) is 0 Å². The number of rotatable bonds is 4. The molecule has 12 rings (SSSR count). The average molecular weight is 723 g/mol. The molecule has 2 nitrogen and oxygen atoms in total. The van der Waals surface area contributed by atoms with E-state index in [1.54, 1.807) is 5.70 Å². The molecule has 3 aromatic carbocycles. The number of nitrogens with zero attached hydrogens (tertiary/aromatic N) is 2. The number of aryl methyl sites for hydroxylation is 1. The van der Waals surface area contributed by atoms with Gasteiger partial charge >= 0.3 is 0 Å². The van der Waals surface area contributed by atoms with Gasteiger partial charge in [0.15, 0.2) is 0 Å². The number of benzene rings is 3. The van der Waals surface area contributed by atoms with E-state index in [1.165, 1.54) is 88.1 Å². The van der Waals surface area contributed by atoms with Crippen LogP contribution in [-0.4, -0.2) is 20.8 Å². The Hall–Kier alpha value is -4.21. The third kappa shape index (κ3) is 4.73. The molecule has 9 unspecified atom stereocenters. The lowest BCUT2D eigenvalue weighted by Gasteiger charge is -2.49. The van der Waals surface area contributed by atoms with Crippen molar-refractivity contribution in [1.29, 1.82) is 0 Å². The van der Waals surface area contributed by atoms with E-state index in [1.807, 2.05) is 11.1 Å². The fourth-order valence-corrected chi connectivity index (χ4v) is 14.5. The lowest BCUT2D eigenvalue weighted by Crippen LogP contribution is -2.43. The van der Waals surface area contributed by atoms with E-state index in [9.17, 15) is 0 Å². The lowest BCUT2D eigenvalue weighted by atomic mass is 9.55. The zero-order valence-electron chi connectivity index (χ0n) is 31.4. The summed E-state index contributed by atoms with van der Waals surface area (Å²) < 4.78 is 2.55. The number of hydrogen-bond donors (Lipinski definition) is 0. The summed E-state index contributed by atoms with van der Waals surface area (Å²) in [5.41, 5.74) is 15.4. The number of aromatic nitrogens is 1. The molecule has 1 aliphatic heterocycles. The zero-order chi connectivity index (χ0) is 35.5. The molecule has 0 spiro atoms. The second-order valence-corrected chi connectivity index (χ2v) is 19.0. The van der Waals surface area contributed by atoms with Gasteiger partial charge in [-0.25, -0.2) is 0 Å². The predicted octanol–water partition coefficient (Wildman–Crippen LogP) is 12.6. The van der Waals surface area contributed by atoms with Crippen LogP contribution >= 0.6 is 11.8 Å². The van der Waals surface area contributed by atoms with Crippen LogP contribution in [0.15, 0.2) is 143 Å². The number of thioether (sulfide) groups is 1. The molecule has 8 aliphatic rings. The van der Waals surface area contributed by atoms with Crippen LogP contribution in [0.5, 0.6) is 0 Å². The van der Waals surface area contributed by atoms with Gasteiger partial charge in [0.05, 0.1) is 11.2 Å². The molecule has 0 bridgehead atoms. The van der Waals surface area contributed by atoms with Crippen molar-refractivity contribution in [3.63, 3.8) is 0 Å². The first-order valence-corrected chi connectivity index (χ1v) is 22.0. The van der Waals surface area contributed by atoms with E-state index >= 15 is 0 Å². The van der Waals surface area contributed by atoms with E-state index < -0.39 is 0 Å². The van der Waals surface area contributed by atoms with Crippen LogP contribution in [0.25, 0.3) is 28.2 Å². The summed E-state index contributed by atoms with van der Waals surface area (Å²) in [4.78, 5) is 4.41. The summed E-state index contributed by atoms with van der Waals surface area (Å²) in [5.74, 6) is 5.51. The van der Waals surface area contributed by atoms with E-state index in [2.05, 4.69) is 150 Å². The molecular formula is C51H50N2S. The maximum absolute atomic E-state index is 2.95. The SMILES string of the molecule is CC1CCC2C3CC(N(C4=Cc5c(c6ccccc6n5-c5ccccc5)CC4)C4=CC=C5c6ccccc6SC5C4)CCC3=C3C4C=CC=CC4CC1C32. The van der Waals surface area contributed by atoms with Crippen LogP contribution < -0.4 is 0 Å². The number of allylic oxidation sites excluding steroid dienone is 10. The fraction of sp³-hybridized carbons (Fsp3) is 0.373. The lowest BCUT2D eigenvalue weighted by molar-refractivity contribution is 0.0579. The van der Waals surface area contributed by atoms with Gasteiger partial charge in [0.2, 0.25) is 0 Å². The van der Waals surface area contributed by atoms with E-state index in [-0.39, 0.29) is 0 Å². The molecule has 0 amide bonds. The Balaban J connectivity index is 0.976. The van der Waals surface area contributed by atoms with Crippen molar-refractivity contribution in [1.82, 2.24) is 9.47 Å². The molecule has 54 heavy (non-hydrogen) atoms. The molecule has 3 fully saturated rings. The van der Waals surface area contributed by atoms with Crippen LogP contribution in [0.4, 0.5) is 0 Å². The van der Waals surface area contributed by atoms with Crippen LogP contribution in [0.3, 0.4) is 0 Å². The minimum atomic E-state index is 0.500. The van der Waals surface area contributed by atoms with Gasteiger partial charge in [-0.05, 0) is 134 Å². The molecule has 0 saturated heterocycles. The standard InChI is InChI=1S/C51H50N2S/c1-31-19-23-42-45-28-34(22-26-43(45)50-37-14-6-5-11-32(37)27-44(31)51(42)50)52(36-21-25-41-40-16-8-10-18-48(40)54-49(41)30-36)35-20-24-39-38-15-7-9-17-46(38)53(47(39)29-35)33-12-3-2-4-13-33/h2-18,21,25,29,31-32,34,37,42,44-45,49,51H,19-20,22-24,26-28,30H2,1H3. The third-order valence-corrected chi connectivity index (χ3v) is 16.7. The van der Waals surface area contributed by atoms with Gasteiger partial charge in [-0.1, -0.05) is 109 Å². The van der Waals surface area contributed by atoms with Gasteiger partial charge in [-0.15, -0.1) is 11.8 Å².